The number of piperazine rings is 1. The summed E-state index contributed by atoms with van der Waals surface area (Å²) < 4.78 is 0. The van der Waals surface area contributed by atoms with Crippen LogP contribution in [0, 0.1) is 5.92 Å². The molecule has 2 aliphatic heterocycles. The van der Waals surface area contributed by atoms with Crippen molar-refractivity contribution in [2.75, 3.05) is 37.7 Å². The molecular weight excluding hydrogens is 254 g/mol. The van der Waals surface area contributed by atoms with Crippen LogP contribution in [0.25, 0.3) is 0 Å². The van der Waals surface area contributed by atoms with E-state index in [1.54, 1.807) is 0 Å². The standard InChI is InChI=1S/C15H23N3S/c1-2-14(12-17-5-1)15(13-3-10-19-11-4-13)18-8-6-16-7-9-18/h1-2,5,12-13,15-16H,3-4,6-11H2. The number of nitrogens with one attached hydrogen (secondary N) is 1. The molecule has 3 rings (SSSR count). The van der Waals surface area contributed by atoms with E-state index in [0.29, 0.717) is 6.04 Å². The Morgan fingerprint density at radius 3 is 2.74 bits per heavy atom. The lowest BCUT2D eigenvalue weighted by Gasteiger charge is -2.41. The number of thioether (sulfide) groups is 1. The van der Waals surface area contributed by atoms with E-state index in [9.17, 15) is 0 Å². The first-order chi connectivity index (χ1) is 9.45. The van der Waals surface area contributed by atoms with Crippen LogP contribution >= 0.6 is 11.8 Å². The van der Waals surface area contributed by atoms with Gasteiger partial charge in [0.1, 0.15) is 0 Å². The summed E-state index contributed by atoms with van der Waals surface area (Å²) in [4.78, 5) is 7.02. The summed E-state index contributed by atoms with van der Waals surface area (Å²) in [6.07, 6.45) is 6.67. The second-order valence-electron chi connectivity index (χ2n) is 5.47. The molecule has 3 nitrogen and oxygen atoms in total. The van der Waals surface area contributed by atoms with Gasteiger partial charge in [0, 0.05) is 44.6 Å². The summed E-state index contributed by atoms with van der Waals surface area (Å²) in [5.74, 6) is 3.46. The topological polar surface area (TPSA) is 28.2 Å². The molecule has 1 aromatic rings. The molecule has 1 atom stereocenters. The molecule has 4 heteroatoms. The Labute approximate surface area is 120 Å². The van der Waals surface area contributed by atoms with Gasteiger partial charge < -0.3 is 5.32 Å². The van der Waals surface area contributed by atoms with Crippen LogP contribution in [0.5, 0.6) is 0 Å². The zero-order chi connectivity index (χ0) is 12.9. The SMILES string of the molecule is c1cncc(C(C2CCSCC2)N2CCNCC2)c1. The predicted octanol–water partition coefficient (Wildman–Crippen LogP) is 2.17. The van der Waals surface area contributed by atoms with Gasteiger partial charge in [-0.15, -0.1) is 0 Å². The summed E-state index contributed by atoms with van der Waals surface area (Å²) in [6, 6.07) is 4.93. The zero-order valence-corrected chi connectivity index (χ0v) is 12.2. The lowest BCUT2D eigenvalue weighted by atomic mass is 9.87. The molecule has 0 spiro atoms. The van der Waals surface area contributed by atoms with Gasteiger partial charge in [0.2, 0.25) is 0 Å². The van der Waals surface area contributed by atoms with E-state index >= 15 is 0 Å². The number of rotatable bonds is 3. The van der Waals surface area contributed by atoms with Gasteiger partial charge in [-0.05, 0) is 41.9 Å². The van der Waals surface area contributed by atoms with Crippen LogP contribution in [0.15, 0.2) is 24.5 Å². The van der Waals surface area contributed by atoms with Crippen LogP contribution < -0.4 is 5.32 Å². The second kappa shape index (κ2) is 6.73. The normalized spacial score (nSPS) is 24.2. The highest BCUT2D eigenvalue weighted by atomic mass is 32.2. The van der Waals surface area contributed by atoms with Gasteiger partial charge in [-0.3, -0.25) is 9.88 Å². The van der Waals surface area contributed by atoms with Crippen LogP contribution in [0.3, 0.4) is 0 Å². The van der Waals surface area contributed by atoms with E-state index in [2.05, 4.69) is 45.3 Å². The number of pyridine rings is 1. The summed E-state index contributed by atoms with van der Waals surface area (Å²) >= 11 is 2.11. The fraction of sp³-hybridized carbons (Fsp3) is 0.667. The molecule has 0 bridgehead atoms. The summed E-state index contributed by atoms with van der Waals surface area (Å²) in [6.45, 7) is 4.59. The summed E-state index contributed by atoms with van der Waals surface area (Å²) in [5, 5.41) is 3.46. The molecule has 1 unspecified atom stereocenters. The van der Waals surface area contributed by atoms with Crippen molar-refractivity contribution in [1.82, 2.24) is 15.2 Å². The Hall–Kier alpha value is -0.580. The van der Waals surface area contributed by atoms with Crippen LogP contribution in [0.2, 0.25) is 0 Å². The number of aromatic nitrogens is 1. The molecule has 19 heavy (non-hydrogen) atoms. The average molecular weight is 277 g/mol. The van der Waals surface area contributed by atoms with E-state index < -0.39 is 0 Å². The fourth-order valence-corrected chi connectivity index (χ4v) is 4.47. The summed E-state index contributed by atoms with van der Waals surface area (Å²) in [7, 11) is 0. The van der Waals surface area contributed by atoms with E-state index in [-0.39, 0.29) is 0 Å². The minimum atomic E-state index is 0.580. The Morgan fingerprint density at radius 1 is 1.26 bits per heavy atom. The lowest BCUT2D eigenvalue weighted by Crippen LogP contribution is -2.47. The Bertz CT molecular complexity index is 354. The van der Waals surface area contributed by atoms with Gasteiger partial charge in [0.05, 0.1) is 0 Å². The van der Waals surface area contributed by atoms with Gasteiger partial charge in [0.25, 0.3) is 0 Å². The number of hydrogen-bond donors (Lipinski definition) is 1. The van der Waals surface area contributed by atoms with Crippen molar-refractivity contribution in [3.8, 4) is 0 Å². The first-order valence-electron chi connectivity index (χ1n) is 7.37. The third-order valence-electron chi connectivity index (χ3n) is 4.28. The molecule has 2 fully saturated rings. The highest BCUT2D eigenvalue weighted by Crippen LogP contribution is 2.37. The van der Waals surface area contributed by atoms with Crippen molar-refractivity contribution < 1.29 is 0 Å². The number of nitrogens with zero attached hydrogens (tertiary/aromatic N) is 2. The zero-order valence-electron chi connectivity index (χ0n) is 11.4. The molecule has 2 aliphatic rings. The monoisotopic (exact) mass is 277 g/mol. The fourth-order valence-electron chi connectivity index (χ4n) is 3.32. The largest absolute Gasteiger partial charge is 0.314 e. The van der Waals surface area contributed by atoms with E-state index in [1.165, 1.54) is 43.0 Å². The summed E-state index contributed by atoms with van der Waals surface area (Å²) in [5.41, 5.74) is 1.42. The molecule has 0 radical (unpaired) electrons. The molecule has 0 aliphatic carbocycles. The smallest absolute Gasteiger partial charge is 0.0393 e. The molecule has 3 heterocycles. The van der Waals surface area contributed by atoms with Gasteiger partial charge in [-0.25, -0.2) is 0 Å². The third kappa shape index (κ3) is 3.30. The van der Waals surface area contributed by atoms with Gasteiger partial charge >= 0.3 is 0 Å². The van der Waals surface area contributed by atoms with Crippen molar-refractivity contribution in [3.05, 3.63) is 30.1 Å². The second-order valence-corrected chi connectivity index (χ2v) is 6.69. The molecule has 2 saturated heterocycles. The molecule has 104 valence electrons. The van der Waals surface area contributed by atoms with Crippen molar-refractivity contribution in [2.24, 2.45) is 5.92 Å². The first-order valence-corrected chi connectivity index (χ1v) is 8.53. The minimum Gasteiger partial charge on any atom is -0.314 e. The Balaban J connectivity index is 1.81. The predicted molar refractivity (Wildman–Crippen MR) is 81.5 cm³/mol. The highest BCUT2D eigenvalue weighted by Gasteiger charge is 2.30. The molecule has 0 saturated carbocycles. The Morgan fingerprint density at radius 2 is 2.05 bits per heavy atom. The Kier molecular flexibility index (Phi) is 4.75. The number of hydrogen-bond acceptors (Lipinski definition) is 4. The average Bonchev–Trinajstić information content (AvgIpc) is 2.51. The molecule has 1 N–H and O–H groups in total. The maximum Gasteiger partial charge on any atom is 0.0393 e. The van der Waals surface area contributed by atoms with E-state index in [1.807, 2.05) is 6.20 Å². The van der Waals surface area contributed by atoms with Gasteiger partial charge in [-0.1, -0.05) is 6.07 Å². The van der Waals surface area contributed by atoms with Crippen molar-refractivity contribution >= 4 is 11.8 Å². The van der Waals surface area contributed by atoms with Crippen molar-refractivity contribution in [1.29, 1.82) is 0 Å². The minimum absolute atomic E-state index is 0.580. The molecule has 0 amide bonds. The van der Waals surface area contributed by atoms with E-state index in [0.717, 1.165) is 19.0 Å². The quantitative estimate of drug-likeness (QED) is 0.916. The maximum absolute atomic E-state index is 4.35. The third-order valence-corrected chi connectivity index (χ3v) is 5.33. The lowest BCUT2D eigenvalue weighted by molar-refractivity contribution is 0.118. The van der Waals surface area contributed by atoms with Crippen molar-refractivity contribution in [2.45, 2.75) is 18.9 Å². The maximum atomic E-state index is 4.35. The first kappa shape index (κ1) is 13.4. The molecule has 1 aromatic heterocycles. The van der Waals surface area contributed by atoms with Crippen molar-refractivity contribution in [3.63, 3.8) is 0 Å². The van der Waals surface area contributed by atoms with Crippen LogP contribution in [0.1, 0.15) is 24.4 Å². The molecular formula is C15H23N3S. The molecule has 0 aromatic carbocycles. The van der Waals surface area contributed by atoms with Gasteiger partial charge in [-0.2, -0.15) is 11.8 Å². The van der Waals surface area contributed by atoms with Gasteiger partial charge in [0.15, 0.2) is 0 Å². The van der Waals surface area contributed by atoms with Crippen LogP contribution in [-0.2, 0) is 0 Å². The van der Waals surface area contributed by atoms with Crippen LogP contribution in [0.4, 0.5) is 0 Å². The highest BCUT2D eigenvalue weighted by molar-refractivity contribution is 7.99. The van der Waals surface area contributed by atoms with E-state index in [4.69, 9.17) is 0 Å². The van der Waals surface area contributed by atoms with Crippen LogP contribution in [-0.4, -0.2) is 47.6 Å².